The third-order valence-corrected chi connectivity index (χ3v) is 14.4. The van der Waals surface area contributed by atoms with Crippen molar-refractivity contribution in [3.8, 4) is 68.5 Å². The van der Waals surface area contributed by atoms with Crippen molar-refractivity contribution in [2.45, 2.75) is 54.1 Å². The van der Waals surface area contributed by atoms with E-state index in [4.69, 9.17) is 18.9 Å². The zero-order valence-corrected chi connectivity index (χ0v) is 48.1. The summed E-state index contributed by atoms with van der Waals surface area (Å²) in [6.07, 6.45) is 14.8. The SMILES string of the molecule is Cc1ccc(-c2ccc(COc3ccc(C(=C(c4ccc(OCc5ccc(-c6ccc(C)cn6)nc5)cc4)c4ccc(OCc5ccc(-c6ccc(C)cn6)nc5)cc4)c4ccc(OCc5ccc(-c6ccc(C)cn6)nc5)cc4)cc3)cn2)nc1. The van der Waals surface area contributed by atoms with Crippen LogP contribution in [0.2, 0.25) is 0 Å². The summed E-state index contributed by atoms with van der Waals surface area (Å²) in [5, 5.41) is 0. The Labute approximate surface area is 500 Å². The molecule has 8 aromatic heterocycles. The number of benzene rings is 4. The first-order chi connectivity index (χ1) is 42.2. The van der Waals surface area contributed by atoms with E-state index in [0.29, 0.717) is 26.4 Å². The third kappa shape index (κ3) is 13.9. The smallest absolute Gasteiger partial charge is 0.119 e. The molecule has 12 nitrogen and oxygen atoms in total. The number of aromatic nitrogens is 8. The summed E-state index contributed by atoms with van der Waals surface area (Å²) in [5.41, 5.74) is 20.6. The molecule has 0 saturated heterocycles. The Bertz CT molecular complexity index is 3650. The summed E-state index contributed by atoms with van der Waals surface area (Å²) in [7, 11) is 0. The molecule has 0 atom stereocenters. The molecule has 0 aliphatic carbocycles. The van der Waals surface area contributed by atoms with Gasteiger partial charge in [0.2, 0.25) is 0 Å². The Morgan fingerprint density at radius 2 is 0.407 bits per heavy atom. The van der Waals surface area contributed by atoms with Crippen LogP contribution in [-0.2, 0) is 26.4 Å². The summed E-state index contributed by atoms with van der Waals surface area (Å²) in [6, 6.07) is 65.1. The minimum absolute atomic E-state index is 0.343. The molecule has 0 spiro atoms. The maximum absolute atomic E-state index is 6.39. The van der Waals surface area contributed by atoms with Gasteiger partial charge in [-0.2, -0.15) is 0 Å². The van der Waals surface area contributed by atoms with Crippen molar-refractivity contribution in [3.63, 3.8) is 0 Å². The molecule has 86 heavy (non-hydrogen) atoms. The van der Waals surface area contributed by atoms with Crippen LogP contribution in [0.4, 0.5) is 0 Å². The molecular weight excluding hydrogens is 1060 g/mol. The molecule has 0 fully saturated rings. The van der Waals surface area contributed by atoms with Gasteiger partial charge in [-0.3, -0.25) is 39.9 Å². The van der Waals surface area contributed by atoms with E-state index < -0.39 is 0 Å². The first-order valence-electron chi connectivity index (χ1n) is 28.4. The Hall–Kier alpha value is -11.0. The van der Waals surface area contributed by atoms with Crippen molar-refractivity contribution < 1.29 is 18.9 Å². The van der Waals surface area contributed by atoms with Gasteiger partial charge in [0.15, 0.2) is 0 Å². The van der Waals surface area contributed by atoms with Crippen LogP contribution < -0.4 is 18.9 Å². The van der Waals surface area contributed by atoms with Gasteiger partial charge in [-0.05, 0) is 180 Å². The van der Waals surface area contributed by atoms with E-state index in [1.807, 2.05) is 223 Å². The van der Waals surface area contributed by atoms with Gasteiger partial charge in [-0.1, -0.05) is 97.1 Å². The average Bonchev–Trinajstić information content (AvgIpc) is 2.48. The minimum Gasteiger partial charge on any atom is -0.489 e. The summed E-state index contributed by atoms with van der Waals surface area (Å²) in [4.78, 5) is 36.9. The third-order valence-electron chi connectivity index (χ3n) is 14.4. The van der Waals surface area contributed by atoms with Gasteiger partial charge in [0.05, 0.1) is 45.6 Å². The highest BCUT2D eigenvalue weighted by molar-refractivity contribution is 6.04. The molecule has 0 bridgehead atoms. The number of nitrogens with zero attached hydrogens (tertiary/aromatic N) is 8. The van der Waals surface area contributed by atoms with Crippen LogP contribution in [0, 0.1) is 27.7 Å². The zero-order valence-electron chi connectivity index (χ0n) is 48.1. The predicted molar refractivity (Wildman–Crippen MR) is 337 cm³/mol. The lowest BCUT2D eigenvalue weighted by Crippen LogP contribution is -2.01. The number of ether oxygens (including phenoxy) is 4. The second kappa shape index (κ2) is 26.1. The van der Waals surface area contributed by atoms with E-state index in [1.54, 1.807) is 0 Å². The number of hydrogen-bond donors (Lipinski definition) is 0. The highest BCUT2D eigenvalue weighted by Crippen LogP contribution is 2.39. The maximum Gasteiger partial charge on any atom is 0.119 e. The average molecular weight is 1130 g/mol. The Balaban J connectivity index is 0.848. The van der Waals surface area contributed by atoms with Crippen LogP contribution in [0.15, 0.2) is 244 Å². The molecule has 12 rings (SSSR count). The maximum atomic E-state index is 6.39. The van der Waals surface area contributed by atoms with Crippen LogP contribution in [-0.4, -0.2) is 39.9 Å². The van der Waals surface area contributed by atoms with Gasteiger partial charge in [0, 0.05) is 71.8 Å². The molecule has 4 aromatic carbocycles. The standard InChI is InChI=1S/C74H60N8O4/c1-49-5-29-65(75-37-49)69-33-9-53(41-79-69)45-83-61-21-13-57(14-22-61)73(58-15-23-62(24-16-58)84-46-54-10-34-70(80-42-54)66-30-6-50(2)38-76-66)74(59-17-25-63(26-18-59)85-47-55-11-35-71(81-43-55)67-31-7-51(3)39-77-67)60-19-27-64(28-20-60)86-48-56-12-36-72(82-44-56)68-32-8-52(4)40-78-68/h5-44H,45-48H2,1-4H3. The molecule has 0 aliphatic rings. The Kier molecular flexibility index (Phi) is 16.8. The molecule has 0 amide bonds. The van der Waals surface area contributed by atoms with E-state index in [-0.39, 0.29) is 0 Å². The molecule has 8 heterocycles. The van der Waals surface area contributed by atoms with Crippen molar-refractivity contribution in [1.29, 1.82) is 0 Å². The van der Waals surface area contributed by atoms with Gasteiger partial charge < -0.3 is 18.9 Å². The number of aryl methyl sites for hydroxylation is 4. The van der Waals surface area contributed by atoms with Crippen molar-refractivity contribution in [3.05, 3.63) is 310 Å². The second-order valence-corrected chi connectivity index (χ2v) is 21.1. The molecule has 12 aromatic rings. The Morgan fingerprint density at radius 3 is 0.570 bits per heavy atom. The number of pyridine rings is 8. The van der Waals surface area contributed by atoms with Crippen LogP contribution in [0.3, 0.4) is 0 Å². The van der Waals surface area contributed by atoms with E-state index >= 15 is 0 Å². The summed E-state index contributed by atoms with van der Waals surface area (Å²) < 4.78 is 25.6. The second-order valence-electron chi connectivity index (χ2n) is 21.1. The van der Waals surface area contributed by atoms with E-state index in [1.165, 1.54) is 0 Å². The molecular formula is C74H60N8O4. The normalized spacial score (nSPS) is 11.0. The molecule has 0 saturated carbocycles. The molecule has 0 aliphatic heterocycles. The molecule has 12 heteroatoms. The topological polar surface area (TPSA) is 140 Å². The minimum atomic E-state index is 0.343. The fourth-order valence-electron chi connectivity index (χ4n) is 9.57. The number of rotatable bonds is 20. The fourth-order valence-corrected chi connectivity index (χ4v) is 9.57. The lowest BCUT2D eigenvalue weighted by molar-refractivity contribution is 0.305. The molecule has 0 N–H and O–H groups in total. The zero-order chi connectivity index (χ0) is 58.6. The van der Waals surface area contributed by atoms with Crippen LogP contribution in [0.1, 0.15) is 66.8 Å². The van der Waals surface area contributed by atoms with Gasteiger partial charge in [0.1, 0.15) is 49.4 Å². The van der Waals surface area contributed by atoms with Crippen molar-refractivity contribution in [2.75, 3.05) is 0 Å². The Morgan fingerprint density at radius 1 is 0.221 bits per heavy atom. The lowest BCUT2D eigenvalue weighted by Gasteiger charge is -2.20. The van der Waals surface area contributed by atoms with Crippen molar-refractivity contribution >= 4 is 11.1 Å². The molecule has 0 unspecified atom stereocenters. The highest BCUT2D eigenvalue weighted by atomic mass is 16.5. The largest absolute Gasteiger partial charge is 0.489 e. The predicted octanol–water partition coefficient (Wildman–Crippen LogP) is 16.1. The van der Waals surface area contributed by atoms with E-state index in [9.17, 15) is 0 Å². The fraction of sp³-hybridized carbons (Fsp3) is 0.108. The first kappa shape index (κ1) is 55.5. The summed E-state index contributed by atoms with van der Waals surface area (Å²) in [5.74, 6) is 2.88. The summed E-state index contributed by atoms with van der Waals surface area (Å²) >= 11 is 0. The van der Waals surface area contributed by atoms with Crippen molar-refractivity contribution in [2.24, 2.45) is 0 Å². The van der Waals surface area contributed by atoms with E-state index in [2.05, 4.69) is 88.4 Å². The quantitative estimate of drug-likeness (QED) is 0.0671. The van der Waals surface area contributed by atoms with Gasteiger partial charge >= 0.3 is 0 Å². The van der Waals surface area contributed by atoms with Crippen LogP contribution >= 0.6 is 0 Å². The summed E-state index contributed by atoms with van der Waals surface area (Å²) in [6.45, 7) is 9.46. The van der Waals surface area contributed by atoms with Gasteiger partial charge in [0.25, 0.3) is 0 Å². The van der Waals surface area contributed by atoms with E-state index in [0.717, 1.165) is 146 Å². The number of hydrogen-bond acceptors (Lipinski definition) is 12. The van der Waals surface area contributed by atoms with Crippen LogP contribution in [0.5, 0.6) is 23.0 Å². The van der Waals surface area contributed by atoms with Gasteiger partial charge in [-0.25, -0.2) is 0 Å². The molecule has 420 valence electrons. The van der Waals surface area contributed by atoms with Crippen molar-refractivity contribution in [1.82, 2.24) is 39.9 Å². The monoisotopic (exact) mass is 1120 g/mol. The highest BCUT2D eigenvalue weighted by Gasteiger charge is 2.19. The van der Waals surface area contributed by atoms with Gasteiger partial charge in [-0.15, -0.1) is 0 Å². The van der Waals surface area contributed by atoms with Crippen LogP contribution in [0.25, 0.3) is 56.7 Å². The first-order valence-corrected chi connectivity index (χ1v) is 28.4. The molecule has 0 radical (unpaired) electrons. The lowest BCUT2D eigenvalue weighted by atomic mass is 9.85.